The number of likely N-dealkylation sites (tertiary alicyclic amines) is 1. The highest BCUT2D eigenvalue weighted by molar-refractivity contribution is 7.12. The van der Waals surface area contributed by atoms with Crippen LogP contribution in [-0.4, -0.2) is 65.9 Å². The van der Waals surface area contributed by atoms with Crippen LogP contribution in [-0.2, 0) is 6.54 Å². The van der Waals surface area contributed by atoms with Crippen molar-refractivity contribution in [2.45, 2.75) is 19.0 Å². The van der Waals surface area contributed by atoms with Crippen molar-refractivity contribution in [1.82, 2.24) is 14.7 Å². The van der Waals surface area contributed by atoms with Crippen molar-refractivity contribution in [3.63, 3.8) is 0 Å². The minimum atomic E-state index is 0.0678. The molecule has 0 aliphatic carbocycles. The molecule has 2 fully saturated rings. The van der Waals surface area contributed by atoms with Gasteiger partial charge in [0.15, 0.2) is 0 Å². The topological polar surface area (TPSA) is 50.6 Å². The lowest BCUT2D eigenvalue weighted by atomic mass is 10.2. The number of hydrogen-bond acceptors (Lipinski definition) is 5. The number of benzene rings is 1. The van der Waals surface area contributed by atoms with E-state index >= 15 is 0 Å². The van der Waals surface area contributed by atoms with Gasteiger partial charge in [-0.1, -0.05) is 30.3 Å². The van der Waals surface area contributed by atoms with Crippen LogP contribution in [0.3, 0.4) is 0 Å². The maximum atomic E-state index is 12.6. The van der Waals surface area contributed by atoms with E-state index in [0.29, 0.717) is 16.5 Å². The second kappa shape index (κ2) is 8.22. The molecule has 6 heteroatoms. The third kappa shape index (κ3) is 4.22. The number of nitriles is 1. The summed E-state index contributed by atoms with van der Waals surface area (Å²) in [6, 6.07) is 15.1. The number of rotatable bonds is 4. The van der Waals surface area contributed by atoms with Gasteiger partial charge in [-0.05, 0) is 18.1 Å². The number of nitrogens with zero attached hydrogens (tertiary/aromatic N) is 4. The normalized spacial score (nSPS) is 21.3. The summed E-state index contributed by atoms with van der Waals surface area (Å²) in [7, 11) is 0. The van der Waals surface area contributed by atoms with Crippen LogP contribution < -0.4 is 0 Å². The fraction of sp³-hybridized carbons (Fsp3) is 0.429. The molecule has 1 amide bonds. The van der Waals surface area contributed by atoms with E-state index < -0.39 is 0 Å². The average Bonchev–Trinajstić information content (AvgIpc) is 3.38. The molecule has 0 radical (unpaired) electrons. The molecule has 0 saturated carbocycles. The molecule has 5 nitrogen and oxygen atoms in total. The lowest BCUT2D eigenvalue weighted by Gasteiger charge is -2.38. The monoisotopic (exact) mass is 380 g/mol. The van der Waals surface area contributed by atoms with Gasteiger partial charge < -0.3 is 4.90 Å². The molecule has 2 saturated heterocycles. The maximum Gasteiger partial charge on any atom is 0.264 e. The van der Waals surface area contributed by atoms with Gasteiger partial charge in [0, 0.05) is 57.2 Å². The van der Waals surface area contributed by atoms with Gasteiger partial charge in [0.2, 0.25) is 0 Å². The Kier molecular flexibility index (Phi) is 5.53. The summed E-state index contributed by atoms with van der Waals surface area (Å²) in [5.41, 5.74) is 1.95. The summed E-state index contributed by atoms with van der Waals surface area (Å²) in [5, 5.41) is 10.7. The van der Waals surface area contributed by atoms with Crippen molar-refractivity contribution in [1.29, 1.82) is 5.26 Å². The number of hydrogen-bond donors (Lipinski definition) is 0. The Morgan fingerprint density at radius 1 is 1.15 bits per heavy atom. The van der Waals surface area contributed by atoms with Crippen LogP contribution in [0.1, 0.15) is 27.2 Å². The molecule has 2 aliphatic rings. The van der Waals surface area contributed by atoms with Crippen LogP contribution in [0.4, 0.5) is 0 Å². The molecule has 3 heterocycles. The predicted molar refractivity (Wildman–Crippen MR) is 107 cm³/mol. The van der Waals surface area contributed by atoms with Gasteiger partial charge in [0.25, 0.3) is 5.91 Å². The first-order valence-corrected chi connectivity index (χ1v) is 10.4. The van der Waals surface area contributed by atoms with E-state index in [2.05, 4.69) is 46.2 Å². The van der Waals surface area contributed by atoms with Crippen LogP contribution in [0.25, 0.3) is 0 Å². The summed E-state index contributed by atoms with van der Waals surface area (Å²) < 4.78 is 0. The molecule has 0 bridgehead atoms. The van der Waals surface area contributed by atoms with Gasteiger partial charge in [-0.3, -0.25) is 14.6 Å². The number of thiophene rings is 1. The molecular weight excluding hydrogens is 356 g/mol. The summed E-state index contributed by atoms with van der Waals surface area (Å²) in [5.74, 6) is 0.0678. The van der Waals surface area contributed by atoms with Crippen LogP contribution >= 0.6 is 11.3 Å². The lowest BCUT2D eigenvalue weighted by molar-refractivity contribution is 0.0578. The highest BCUT2D eigenvalue weighted by Gasteiger charge is 2.31. The zero-order valence-corrected chi connectivity index (χ0v) is 16.2. The number of carbonyl (C=O) groups excluding carboxylic acids is 1. The number of amides is 1. The first kappa shape index (κ1) is 18.2. The molecule has 0 spiro atoms. The van der Waals surface area contributed by atoms with Gasteiger partial charge in [0.1, 0.15) is 6.07 Å². The standard InChI is InChI=1S/C21H24N4OS/c22-13-18-12-20(27-16-18)21(26)25-10-8-24(9-11-25)19-6-7-23(15-19)14-17-4-2-1-3-5-17/h1-5,12,16,19H,6-11,14-15H2. The quantitative estimate of drug-likeness (QED) is 0.818. The van der Waals surface area contributed by atoms with E-state index in [1.807, 2.05) is 4.90 Å². The van der Waals surface area contributed by atoms with Crippen molar-refractivity contribution < 1.29 is 4.79 Å². The third-order valence-electron chi connectivity index (χ3n) is 5.55. The lowest BCUT2D eigenvalue weighted by Crippen LogP contribution is -2.52. The van der Waals surface area contributed by atoms with Crippen LogP contribution in [0.2, 0.25) is 0 Å². The fourth-order valence-corrected chi connectivity index (χ4v) is 4.85. The Labute approximate surface area is 164 Å². The van der Waals surface area contributed by atoms with Gasteiger partial charge >= 0.3 is 0 Å². The number of piperazine rings is 1. The van der Waals surface area contributed by atoms with E-state index in [0.717, 1.165) is 45.8 Å². The summed E-state index contributed by atoms with van der Waals surface area (Å²) >= 11 is 1.37. The van der Waals surface area contributed by atoms with Gasteiger partial charge in [0.05, 0.1) is 10.4 Å². The fourth-order valence-electron chi connectivity index (χ4n) is 4.05. The molecule has 1 aromatic carbocycles. The van der Waals surface area contributed by atoms with Crippen molar-refractivity contribution in [2.75, 3.05) is 39.3 Å². The zero-order chi connectivity index (χ0) is 18.6. The van der Waals surface area contributed by atoms with Crippen molar-refractivity contribution in [2.24, 2.45) is 0 Å². The van der Waals surface area contributed by atoms with Crippen molar-refractivity contribution in [3.05, 3.63) is 57.8 Å². The smallest absolute Gasteiger partial charge is 0.264 e. The first-order chi connectivity index (χ1) is 13.2. The highest BCUT2D eigenvalue weighted by Crippen LogP contribution is 2.21. The third-order valence-corrected chi connectivity index (χ3v) is 6.47. The van der Waals surface area contributed by atoms with Gasteiger partial charge in [-0.2, -0.15) is 5.26 Å². The zero-order valence-electron chi connectivity index (χ0n) is 15.4. The van der Waals surface area contributed by atoms with E-state index in [4.69, 9.17) is 5.26 Å². The summed E-state index contributed by atoms with van der Waals surface area (Å²) in [4.78, 5) is 20.3. The van der Waals surface area contributed by atoms with E-state index in [1.54, 1.807) is 11.4 Å². The molecule has 2 aromatic rings. The first-order valence-electron chi connectivity index (χ1n) is 9.51. The van der Waals surface area contributed by atoms with Crippen LogP contribution in [0.5, 0.6) is 0 Å². The van der Waals surface area contributed by atoms with Crippen LogP contribution in [0, 0.1) is 11.3 Å². The Morgan fingerprint density at radius 3 is 2.63 bits per heavy atom. The van der Waals surface area contributed by atoms with E-state index in [9.17, 15) is 4.79 Å². The minimum absolute atomic E-state index is 0.0678. The molecule has 1 unspecified atom stereocenters. The molecule has 1 aromatic heterocycles. The largest absolute Gasteiger partial charge is 0.335 e. The second-order valence-electron chi connectivity index (χ2n) is 7.30. The van der Waals surface area contributed by atoms with Gasteiger partial charge in [-0.15, -0.1) is 11.3 Å². The van der Waals surface area contributed by atoms with E-state index in [1.165, 1.54) is 23.3 Å². The average molecular weight is 381 g/mol. The second-order valence-corrected chi connectivity index (χ2v) is 8.21. The Bertz CT molecular complexity index is 820. The molecule has 1 atom stereocenters. The molecular formula is C21H24N4OS. The predicted octanol–water partition coefficient (Wildman–Crippen LogP) is 2.65. The Morgan fingerprint density at radius 2 is 1.93 bits per heavy atom. The molecule has 0 N–H and O–H groups in total. The van der Waals surface area contributed by atoms with Crippen LogP contribution in [0.15, 0.2) is 41.8 Å². The highest BCUT2D eigenvalue weighted by atomic mass is 32.1. The van der Waals surface area contributed by atoms with Crippen molar-refractivity contribution >= 4 is 17.2 Å². The molecule has 2 aliphatic heterocycles. The Balaban J connectivity index is 1.27. The van der Waals surface area contributed by atoms with Gasteiger partial charge in [-0.25, -0.2) is 0 Å². The summed E-state index contributed by atoms with van der Waals surface area (Å²) in [6.45, 7) is 6.69. The van der Waals surface area contributed by atoms with Crippen molar-refractivity contribution in [3.8, 4) is 6.07 Å². The molecule has 27 heavy (non-hydrogen) atoms. The molecule has 140 valence electrons. The Hall–Kier alpha value is -2.20. The van der Waals surface area contributed by atoms with E-state index in [-0.39, 0.29) is 5.91 Å². The minimum Gasteiger partial charge on any atom is -0.335 e. The number of carbonyl (C=O) groups is 1. The maximum absolute atomic E-state index is 12.6. The molecule has 4 rings (SSSR count). The summed E-state index contributed by atoms with van der Waals surface area (Å²) in [6.07, 6.45) is 1.21. The SMILES string of the molecule is N#Cc1csc(C(=O)N2CCN(C3CCN(Cc4ccccc4)C3)CC2)c1.